The molecule has 0 aliphatic heterocycles. The SMILES string of the molecule is Nc1ccc(F)c(C(=O)OCCCO)c1. The number of nitrogens with two attached hydrogens (primary N) is 1. The molecule has 82 valence electrons. The van der Waals surface area contributed by atoms with Gasteiger partial charge in [0, 0.05) is 18.7 Å². The Kier molecular flexibility index (Phi) is 4.05. The van der Waals surface area contributed by atoms with Crippen LogP contribution in [0.4, 0.5) is 10.1 Å². The minimum absolute atomic E-state index is 0.0591. The van der Waals surface area contributed by atoms with Gasteiger partial charge in [-0.15, -0.1) is 0 Å². The van der Waals surface area contributed by atoms with Gasteiger partial charge in [-0.1, -0.05) is 0 Å². The molecule has 15 heavy (non-hydrogen) atoms. The van der Waals surface area contributed by atoms with Gasteiger partial charge < -0.3 is 15.6 Å². The molecule has 0 amide bonds. The molecule has 5 heteroatoms. The monoisotopic (exact) mass is 213 g/mol. The summed E-state index contributed by atoms with van der Waals surface area (Å²) in [6.07, 6.45) is 0.329. The first-order valence-electron chi connectivity index (χ1n) is 4.48. The number of esters is 1. The molecule has 0 fully saturated rings. The smallest absolute Gasteiger partial charge is 0.341 e. The van der Waals surface area contributed by atoms with Crippen LogP contribution in [0.25, 0.3) is 0 Å². The maximum absolute atomic E-state index is 13.1. The number of aliphatic hydroxyl groups excluding tert-OH is 1. The van der Waals surface area contributed by atoms with Crippen molar-refractivity contribution in [2.24, 2.45) is 0 Å². The number of ether oxygens (including phenoxy) is 1. The van der Waals surface area contributed by atoms with E-state index in [2.05, 4.69) is 0 Å². The molecule has 0 bridgehead atoms. The highest BCUT2D eigenvalue weighted by atomic mass is 19.1. The van der Waals surface area contributed by atoms with Crippen LogP contribution < -0.4 is 5.73 Å². The lowest BCUT2D eigenvalue weighted by molar-refractivity contribution is 0.0477. The van der Waals surface area contributed by atoms with Crippen LogP contribution in [-0.2, 0) is 4.74 Å². The van der Waals surface area contributed by atoms with Gasteiger partial charge in [-0.3, -0.25) is 0 Å². The normalized spacial score (nSPS) is 10.0. The Morgan fingerprint density at radius 1 is 1.53 bits per heavy atom. The van der Waals surface area contributed by atoms with Crippen molar-refractivity contribution in [3.63, 3.8) is 0 Å². The predicted octanol–water partition coefficient (Wildman–Crippen LogP) is 0.947. The largest absolute Gasteiger partial charge is 0.462 e. The summed E-state index contributed by atoms with van der Waals surface area (Å²) in [6.45, 7) is -0.0176. The van der Waals surface area contributed by atoms with Crippen LogP contribution in [0.3, 0.4) is 0 Å². The van der Waals surface area contributed by atoms with Crippen molar-refractivity contribution in [3.8, 4) is 0 Å². The molecule has 1 aromatic carbocycles. The van der Waals surface area contributed by atoms with E-state index in [-0.39, 0.29) is 18.8 Å². The van der Waals surface area contributed by atoms with E-state index >= 15 is 0 Å². The quantitative estimate of drug-likeness (QED) is 0.443. The van der Waals surface area contributed by atoms with Gasteiger partial charge >= 0.3 is 5.97 Å². The Balaban J connectivity index is 2.68. The van der Waals surface area contributed by atoms with Crippen molar-refractivity contribution < 1.29 is 19.0 Å². The molecule has 0 aromatic heterocycles. The molecule has 0 unspecified atom stereocenters. The average Bonchev–Trinajstić information content (AvgIpc) is 2.22. The molecule has 3 N–H and O–H groups in total. The molecule has 1 aromatic rings. The molecule has 0 saturated carbocycles. The molecule has 0 spiro atoms. The van der Waals surface area contributed by atoms with E-state index < -0.39 is 11.8 Å². The first-order chi connectivity index (χ1) is 7.15. The van der Waals surface area contributed by atoms with Gasteiger partial charge in [-0.05, 0) is 18.2 Å². The van der Waals surface area contributed by atoms with E-state index in [9.17, 15) is 9.18 Å². The first-order valence-corrected chi connectivity index (χ1v) is 4.48. The molecule has 1 rings (SSSR count). The topological polar surface area (TPSA) is 72.6 Å². The fourth-order valence-electron chi connectivity index (χ4n) is 1.01. The number of aliphatic hydroxyl groups is 1. The van der Waals surface area contributed by atoms with E-state index in [0.717, 1.165) is 6.07 Å². The number of carbonyl (C=O) groups excluding carboxylic acids is 1. The van der Waals surface area contributed by atoms with Crippen LogP contribution >= 0.6 is 0 Å². The van der Waals surface area contributed by atoms with Gasteiger partial charge in [0.2, 0.25) is 0 Å². The lowest BCUT2D eigenvalue weighted by atomic mass is 10.2. The Hall–Kier alpha value is -1.62. The molecular weight excluding hydrogens is 201 g/mol. The van der Waals surface area contributed by atoms with Gasteiger partial charge in [-0.2, -0.15) is 0 Å². The molecule has 0 heterocycles. The van der Waals surface area contributed by atoms with Crippen LogP contribution in [0.15, 0.2) is 18.2 Å². The summed E-state index contributed by atoms with van der Waals surface area (Å²) in [5, 5.41) is 8.46. The van der Waals surface area contributed by atoms with Crippen LogP contribution in [0.2, 0.25) is 0 Å². The Bertz CT molecular complexity index is 355. The highest BCUT2D eigenvalue weighted by Gasteiger charge is 2.12. The zero-order chi connectivity index (χ0) is 11.3. The number of hydrogen-bond acceptors (Lipinski definition) is 4. The van der Waals surface area contributed by atoms with Crippen molar-refractivity contribution in [3.05, 3.63) is 29.6 Å². The minimum atomic E-state index is -0.770. The zero-order valence-electron chi connectivity index (χ0n) is 8.07. The number of anilines is 1. The molecule has 4 nitrogen and oxygen atoms in total. The standard InChI is InChI=1S/C10H12FNO3/c11-9-3-2-7(12)6-8(9)10(14)15-5-1-4-13/h2-3,6,13H,1,4-5,12H2. The van der Waals surface area contributed by atoms with Gasteiger partial charge in [0.1, 0.15) is 5.82 Å². The van der Waals surface area contributed by atoms with Crippen molar-refractivity contribution >= 4 is 11.7 Å². The van der Waals surface area contributed by atoms with Gasteiger partial charge in [0.05, 0.1) is 12.2 Å². The number of carbonyl (C=O) groups is 1. The summed E-state index contributed by atoms with van der Waals surface area (Å²) in [5.41, 5.74) is 5.52. The maximum atomic E-state index is 13.1. The highest BCUT2D eigenvalue weighted by Crippen LogP contribution is 2.13. The van der Waals surface area contributed by atoms with Crippen molar-refractivity contribution in [1.29, 1.82) is 0 Å². The Morgan fingerprint density at radius 3 is 2.93 bits per heavy atom. The molecule has 0 aliphatic rings. The summed E-state index contributed by atoms with van der Waals surface area (Å²) >= 11 is 0. The average molecular weight is 213 g/mol. The summed E-state index contributed by atoms with van der Waals surface area (Å²) in [6, 6.07) is 3.69. The van der Waals surface area contributed by atoms with Crippen molar-refractivity contribution in [2.75, 3.05) is 18.9 Å². The fourth-order valence-corrected chi connectivity index (χ4v) is 1.01. The molecule has 0 atom stereocenters. The second-order valence-electron chi connectivity index (χ2n) is 2.95. The third-order valence-corrected chi connectivity index (χ3v) is 1.75. The summed E-state index contributed by atoms with van der Waals surface area (Å²) < 4.78 is 17.8. The van der Waals surface area contributed by atoms with E-state index in [0.29, 0.717) is 12.1 Å². The fraction of sp³-hybridized carbons (Fsp3) is 0.300. The van der Waals surface area contributed by atoms with E-state index in [1.54, 1.807) is 0 Å². The molecule has 0 radical (unpaired) electrons. The van der Waals surface area contributed by atoms with Gasteiger partial charge in [-0.25, -0.2) is 9.18 Å². The number of nitrogen functional groups attached to an aromatic ring is 1. The number of halogens is 1. The van der Waals surface area contributed by atoms with Crippen molar-refractivity contribution in [1.82, 2.24) is 0 Å². The second-order valence-corrected chi connectivity index (χ2v) is 2.95. The minimum Gasteiger partial charge on any atom is -0.462 e. The lowest BCUT2D eigenvalue weighted by Gasteiger charge is -2.05. The maximum Gasteiger partial charge on any atom is 0.341 e. The number of benzene rings is 1. The van der Waals surface area contributed by atoms with E-state index in [1.165, 1.54) is 12.1 Å². The molecule has 0 saturated heterocycles. The second kappa shape index (κ2) is 5.31. The first kappa shape index (κ1) is 11.5. The summed E-state index contributed by atoms with van der Waals surface area (Å²) in [5.74, 6) is -1.44. The van der Waals surface area contributed by atoms with Crippen LogP contribution in [0.1, 0.15) is 16.8 Å². The molecule has 0 aliphatic carbocycles. The Labute approximate surface area is 86.5 Å². The van der Waals surface area contributed by atoms with Gasteiger partial charge in [0.25, 0.3) is 0 Å². The van der Waals surface area contributed by atoms with E-state index in [4.69, 9.17) is 15.6 Å². The number of rotatable bonds is 4. The summed E-state index contributed by atoms with van der Waals surface area (Å²) in [4.78, 5) is 11.3. The predicted molar refractivity (Wildman–Crippen MR) is 52.8 cm³/mol. The van der Waals surface area contributed by atoms with Gasteiger partial charge in [0.15, 0.2) is 0 Å². The van der Waals surface area contributed by atoms with Crippen molar-refractivity contribution in [2.45, 2.75) is 6.42 Å². The highest BCUT2D eigenvalue weighted by molar-refractivity contribution is 5.90. The van der Waals surface area contributed by atoms with E-state index in [1.807, 2.05) is 0 Å². The molecular formula is C10H12FNO3. The third kappa shape index (κ3) is 3.21. The number of hydrogen-bond donors (Lipinski definition) is 2. The Morgan fingerprint density at radius 2 is 2.27 bits per heavy atom. The van der Waals surface area contributed by atoms with Crippen LogP contribution in [0, 0.1) is 5.82 Å². The summed E-state index contributed by atoms with van der Waals surface area (Å²) in [7, 11) is 0. The van der Waals surface area contributed by atoms with Crippen LogP contribution in [0.5, 0.6) is 0 Å². The zero-order valence-corrected chi connectivity index (χ0v) is 8.07. The van der Waals surface area contributed by atoms with Crippen LogP contribution in [-0.4, -0.2) is 24.3 Å². The third-order valence-electron chi connectivity index (χ3n) is 1.75. The lowest BCUT2D eigenvalue weighted by Crippen LogP contribution is -2.10.